The smallest absolute Gasteiger partial charge is 0.435 e. The molecule has 0 amide bonds. The van der Waals surface area contributed by atoms with Gasteiger partial charge in [0.25, 0.3) is 0 Å². The molecule has 2 aromatic heterocycles. The minimum Gasteiger partial charge on any atom is -0.435 e. The van der Waals surface area contributed by atoms with E-state index in [2.05, 4.69) is 24.9 Å². The fraction of sp³-hybridized carbons (Fsp3) is 0.263. The Balaban J connectivity index is 1.87. The van der Waals surface area contributed by atoms with E-state index in [4.69, 9.17) is 4.74 Å². The zero-order valence-corrected chi connectivity index (χ0v) is 16.3. The number of carbonyl (C=O) groups excluding carboxylic acids is 1. The van der Waals surface area contributed by atoms with Crippen LogP contribution in [0.1, 0.15) is 31.5 Å². The molecule has 3 aromatic rings. The van der Waals surface area contributed by atoms with E-state index in [0.29, 0.717) is 11.1 Å². The van der Waals surface area contributed by atoms with Crippen molar-refractivity contribution in [1.29, 1.82) is 5.26 Å². The molecular weight excluding hydrogens is 417 g/mol. The van der Waals surface area contributed by atoms with Crippen molar-refractivity contribution in [1.82, 2.24) is 25.0 Å². The first-order valence-corrected chi connectivity index (χ1v) is 8.94. The lowest BCUT2D eigenvalue weighted by Gasteiger charge is -2.11. The maximum atomic E-state index is 12.9. The first kappa shape index (κ1) is 21.7. The van der Waals surface area contributed by atoms with Gasteiger partial charge in [-0.1, -0.05) is 24.3 Å². The fourth-order valence-corrected chi connectivity index (χ4v) is 2.53. The van der Waals surface area contributed by atoms with E-state index >= 15 is 0 Å². The Kier molecular flexibility index (Phi) is 6.15. The molecule has 160 valence electrons. The largest absolute Gasteiger partial charge is 0.510 e. The van der Waals surface area contributed by atoms with Crippen molar-refractivity contribution in [2.24, 2.45) is 0 Å². The number of hydrogen-bond acceptors (Lipinski definition) is 8. The summed E-state index contributed by atoms with van der Waals surface area (Å²) in [5.41, 5.74) is -0.0470. The van der Waals surface area contributed by atoms with Gasteiger partial charge in [0.1, 0.15) is 17.5 Å². The van der Waals surface area contributed by atoms with Crippen LogP contribution in [-0.4, -0.2) is 37.7 Å². The molecule has 0 saturated carbocycles. The lowest BCUT2D eigenvalue weighted by molar-refractivity contribution is -0.141. The maximum Gasteiger partial charge on any atom is 0.510 e. The van der Waals surface area contributed by atoms with Gasteiger partial charge in [-0.3, -0.25) is 0 Å². The summed E-state index contributed by atoms with van der Waals surface area (Å²) in [6, 6.07) is 8.79. The van der Waals surface area contributed by atoms with Gasteiger partial charge in [0, 0.05) is 17.3 Å². The third-order valence-electron chi connectivity index (χ3n) is 3.95. The third-order valence-corrected chi connectivity index (χ3v) is 3.95. The van der Waals surface area contributed by atoms with Crippen LogP contribution < -0.4 is 0 Å². The van der Waals surface area contributed by atoms with E-state index in [0.717, 1.165) is 17.1 Å². The molecule has 0 aliphatic heterocycles. The second-order valence-electron chi connectivity index (χ2n) is 6.07. The van der Waals surface area contributed by atoms with Crippen LogP contribution >= 0.6 is 0 Å². The minimum absolute atomic E-state index is 0.0256. The monoisotopic (exact) mass is 432 g/mol. The van der Waals surface area contributed by atoms with Gasteiger partial charge in [-0.05, 0) is 19.9 Å². The van der Waals surface area contributed by atoms with Gasteiger partial charge in [0.05, 0.1) is 6.61 Å². The lowest BCUT2D eigenvalue weighted by Crippen LogP contribution is -2.17. The van der Waals surface area contributed by atoms with Crippen LogP contribution in [0.5, 0.6) is 0 Å². The van der Waals surface area contributed by atoms with Crippen LogP contribution in [0, 0.1) is 11.3 Å². The Hall–Kier alpha value is -4.01. The Morgan fingerprint density at radius 1 is 1.19 bits per heavy atom. The molecule has 0 radical (unpaired) electrons. The van der Waals surface area contributed by atoms with Crippen molar-refractivity contribution >= 4 is 6.16 Å². The molecule has 12 heteroatoms. The van der Waals surface area contributed by atoms with Gasteiger partial charge in [0.2, 0.25) is 6.23 Å². The normalized spacial score (nSPS) is 12.1. The van der Waals surface area contributed by atoms with E-state index in [1.807, 2.05) is 6.07 Å². The number of halogens is 3. The Morgan fingerprint density at radius 2 is 1.87 bits per heavy atom. The van der Waals surface area contributed by atoms with E-state index < -0.39 is 24.3 Å². The van der Waals surface area contributed by atoms with Crippen molar-refractivity contribution < 1.29 is 27.4 Å². The first-order valence-electron chi connectivity index (χ1n) is 8.94. The van der Waals surface area contributed by atoms with Crippen molar-refractivity contribution in [3.05, 3.63) is 47.9 Å². The molecule has 1 atom stereocenters. The van der Waals surface area contributed by atoms with Crippen molar-refractivity contribution in [3.8, 4) is 28.7 Å². The molecule has 1 aromatic carbocycles. The van der Waals surface area contributed by atoms with Gasteiger partial charge in [0.15, 0.2) is 11.5 Å². The highest BCUT2D eigenvalue weighted by atomic mass is 19.4. The molecule has 3 rings (SSSR count). The predicted molar refractivity (Wildman–Crippen MR) is 99.0 cm³/mol. The summed E-state index contributed by atoms with van der Waals surface area (Å²) in [7, 11) is 0. The van der Waals surface area contributed by atoms with Crippen LogP contribution in [0.2, 0.25) is 0 Å². The number of carbonyl (C=O) groups is 1. The molecule has 9 nitrogen and oxygen atoms in total. The third kappa shape index (κ3) is 4.95. The number of benzene rings is 1. The highest BCUT2D eigenvalue weighted by molar-refractivity contribution is 5.68. The lowest BCUT2D eigenvalue weighted by atomic mass is 10.1. The number of alkyl halides is 3. The Labute approximate surface area is 174 Å². The van der Waals surface area contributed by atoms with E-state index in [1.54, 1.807) is 19.1 Å². The van der Waals surface area contributed by atoms with Gasteiger partial charge in [-0.2, -0.15) is 18.4 Å². The summed E-state index contributed by atoms with van der Waals surface area (Å²) < 4.78 is 48.3. The Morgan fingerprint density at radius 3 is 2.48 bits per heavy atom. The second-order valence-corrected chi connectivity index (χ2v) is 6.07. The van der Waals surface area contributed by atoms with E-state index in [-0.39, 0.29) is 23.8 Å². The fourth-order valence-electron chi connectivity index (χ4n) is 2.53. The number of hydrogen-bond donors (Lipinski definition) is 0. The summed E-state index contributed by atoms with van der Waals surface area (Å²) >= 11 is 0. The van der Waals surface area contributed by atoms with Crippen LogP contribution in [0.4, 0.5) is 18.0 Å². The van der Waals surface area contributed by atoms with E-state index in [9.17, 15) is 23.2 Å². The number of rotatable bonds is 5. The maximum absolute atomic E-state index is 12.9. The Bertz CT molecular complexity index is 1120. The van der Waals surface area contributed by atoms with Crippen molar-refractivity contribution in [3.63, 3.8) is 0 Å². The molecule has 0 fully saturated rings. The average molecular weight is 432 g/mol. The second kappa shape index (κ2) is 8.78. The van der Waals surface area contributed by atoms with Gasteiger partial charge in [-0.15, -0.1) is 15.0 Å². The molecule has 0 aliphatic carbocycles. The predicted octanol–water partition coefficient (Wildman–Crippen LogP) is 3.98. The van der Waals surface area contributed by atoms with Gasteiger partial charge < -0.3 is 9.47 Å². The minimum atomic E-state index is -4.58. The molecule has 31 heavy (non-hydrogen) atoms. The zero-order chi connectivity index (χ0) is 22.6. The van der Waals surface area contributed by atoms with Crippen LogP contribution in [0.3, 0.4) is 0 Å². The number of ether oxygens (including phenoxy) is 2. The molecule has 0 bridgehead atoms. The summed E-state index contributed by atoms with van der Waals surface area (Å²) in [5.74, 6) is -0.0954. The average Bonchev–Trinajstić information content (AvgIpc) is 3.18. The van der Waals surface area contributed by atoms with Crippen LogP contribution in [0.25, 0.3) is 22.6 Å². The molecule has 1 unspecified atom stereocenters. The summed E-state index contributed by atoms with van der Waals surface area (Å²) in [6.45, 7) is 3.25. The highest BCUT2D eigenvalue weighted by Crippen LogP contribution is 2.29. The SMILES string of the molecule is CCOC(=O)OC(C)n1nc(C#N)c(-c2ccc(-c3nccc(C(F)(F)F)n3)cc2)n1. The molecule has 2 heterocycles. The standard InChI is InChI=1S/C19H15F3N6O3/c1-3-30-18(29)31-11(2)28-26-14(10-23)16(27-28)12-4-6-13(7-5-12)17-24-9-8-15(25-17)19(20,21)22/h4-9,11H,3H2,1-2H3. The molecular formula is C19H15F3N6O3. The van der Waals surface area contributed by atoms with Crippen LogP contribution in [-0.2, 0) is 15.7 Å². The number of aromatic nitrogens is 5. The van der Waals surface area contributed by atoms with Crippen LogP contribution in [0.15, 0.2) is 36.5 Å². The zero-order valence-electron chi connectivity index (χ0n) is 16.3. The molecule has 0 spiro atoms. The quantitative estimate of drug-likeness (QED) is 0.556. The van der Waals surface area contributed by atoms with Gasteiger partial charge in [-0.25, -0.2) is 14.8 Å². The summed E-state index contributed by atoms with van der Waals surface area (Å²) in [4.78, 5) is 19.9. The highest BCUT2D eigenvalue weighted by Gasteiger charge is 2.32. The van der Waals surface area contributed by atoms with Crippen molar-refractivity contribution in [2.75, 3.05) is 6.61 Å². The molecule has 0 saturated heterocycles. The van der Waals surface area contributed by atoms with Gasteiger partial charge >= 0.3 is 12.3 Å². The van der Waals surface area contributed by atoms with Crippen molar-refractivity contribution in [2.45, 2.75) is 26.3 Å². The topological polar surface area (TPSA) is 116 Å². The molecule has 0 N–H and O–H groups in total. The first-order chi connectivity index (χ1) is 14.7. The summed E-state index contributed by atoms with van der Waals surface area (Å²) in [6.07, 6.45) is -5.39. The van der Waals surface area contributed by atoms with E-state index in [1.165, 1.54) is 19.1 Å². The number of nitriles is 1. The molecule has 0 aliphatic rings. The number of nitrogens with zero attached hydrogens (tertiary/aromatic N) is 6. The summed E-state index contributed by atoms with van der Waals surface area (Å²) in [5, 5.41) is 17.5.